The summed E-state index contributed by atoms with van der Waals surface area (Å²) in [5.74, 6) is 0.254. The van der Waals surface area contributed by atoms with Crippen LogP contribution in [-0.4, -0.2) is 47.3 Å². The molecule has 3 heterocycles. The largest absolute Gasteiger partial charge is 0.454 e. The summed E-state index contributed by atoms with van der Waals surface area (Å²) >= 11 is 0. The standard InChI is InChI=1S/C28H30FN3O3/c1-18(30)25-11-12-26(35-25)28(34)32-17-22(20-7-9-23(29)10-8-20)15-24(32)27(33)31-14-13-21(16-31)19-5-3-2-4-6-19/h2-12,18,21-22,24H,13-17,30H2,1H3/t18?,21-,22?,24?/m0/s1. The molecule has 6 nitrogen and oxygen atoms in total. The Balaban J connectivity index is 1.38. The molecule has 0 saturated carbocycles. The zero-order valence-corrected chi connectivity index (χ0v) is 19.8. The molecular formula is C28H30FN3O3. The van der Waals surface area contributed by atoms with Crippen molar-refractivity contribution in [3.05, 3.63) is 95.2 Å². The molecule has 2 aliphatic heterocycles. The summed E-state index contributed by atoms with van der Waals surface area (Å²) in [7, 11) is 0. The summed E-state index contributed by atoms with van der Waals surface area (Å²) in [6.45, 7) is 3.45. The van der Waals surface area contributed by atoms with Gasteiger partial charge in [-0.2, -0.15) is 0 Å². The van der Waals surface area contributed by atoms with Crippen molar-refractivity contribution >= 4 is 11.8 Å². The summed E-state index contributed by atoms with van der Waals surface area (Å²) in [6.07, 6.45) is 1.39. The average molecular weight is 476 g/mol. The molecule has 7 heteroatoms. The zero-order chi connectivity index (χ0) is 24.5. The number of carbonyl (C=O) groups excluding carboxylic acids is 2. The monoisotopic (exact) mass is 475 g/mol. The van der Waals surface area contributed by atoms with Gasteiger partial charge in [-0.1, -0.05) is 42.5 Å². The third kappa shape index (κ3) is 4.73. The van der Waals surface area contributed by atoms with Crippen LogP contribution >= 0.6 is 0 Å². The highest BCUT2D eigenvalue weighted by molar-refractivity contribution is 5.96. The van der Waals surface area contributed by atoms with Gasteiger partial charge < -0.3 is 20.0 Å². The Kier molecular flexibility index (Phi) is 6.43. The normalized spacial score (nSPS) is 23.0. The van der Waals surface area contributed by atoms with Crippen molar-refractivity contribution in [2.24, 2.45) is 5.73 Å². The summed E-state index contributed by atoms with van der Waals surface area (Å²) in [5.41, 5.74) is 8.04. The van der Waals surface area contributed by atoms with Crippen molar-refractivity contribution in [1.82, 2.24) is 9.80 Å². The Bertz CT molecular complexity index is 1190. The number of rotatable bonds is 5. The number of likely N-dealkylation sites (tertiary alicyclic amines) is 2. The first-order valence-electron chi connectivity index (χ1n) is 12.2. The topological polar surface area (TPSA) is 79.8 Å². The lowest BCUT2D eigenvalue weighted by molar-refractivity contribution is -0.134. The summed E-state index contributed by atoms with van der Waals surface area (Å²) in [6, 6.07) is 18.9. The van der Waals surface area contributed by atoms with Crippen molar-refractivity contribution in [3.8, 4) is 0 Å². The molecular weight excluding hydrogens is 445 g/mol. The van der Waals surface area contributed by atoms with E-state index in [2.05, 4.69) is 12.1 Å². The minimum absolute atomic E-state index is 0.0413. The third-order valence-corrected chi connectivity index (χ3v) is 7.25. The van der Waals surface area contributed by atoms with Crippen molar-refractivity contribution in [2.75, 3.05) is 19.6 Å². The Hall–Kier alpha value is -3.45. The first-order chi connectivity index (χ1) is 16.9. The lowest BCUT2D eigenvalue weighted by Gasteiger charge is -2.27. The molecule has 0 aliphatic carbocycles. The number of carbonyl (C=O) groups is 2. The van der Waals surface area contributed by atoms with Gasteiger partial charge in [-0.15, -0.1) is 0 Å². The molecule has 3 aromatic rings. The van der Waals surface area contributed by atoms with Gasteiger partial charge >= 0.3 is 0 Å². The Labute approximate surface area is 204 Å². The van der Waals surface area contributed by atoms with Crippen molar-refractivity contribution in [1.29, 1.82) is 0 Å². The van der Waals surface area contributed by atoms with Gasteiger partial charge in [0.2, 0.25) is 5.91 Å². The van der Waals surface area contributed by atoms with Crippen molar-refractivity contribution < 1.29 is 18.4 Å². The van der Waals surface area contributed by atoms with Gasteiger partial charge in [0.25, 0.3) is 5.91 Å². The van der Waals surface area contributed by atoms with E-state index >= 15 is 0 Å². The van der Waals surface area contributed by atoms with Gasteiger partial charge in [-0.25, -0.2) is 4.39 Å². The highest BCUT2D eigenvalue weighted by Gasteiger charge is 2.44. The molecule has 0 spiro atoms. The van der Waals surface area contributed by atoms with Crippen LogP contribution in [-0.2, 0) is 4.79 Å². The number of amides is 2. The van der Waals surface area contributed by atoms with Crippen LogP contribution in [0.4, 0.5) is 4.39 Å². The molecule has 5 rings (SSSR count). The smallest absolute Gasteiger partial charge is 0.290 e. The number of furan rings is 1. The van der Waals surface area contributed by atoms with Gasteiger partial charge in [-0.05, 0) is 55.2 Å². The maximum absolute atomic E-state index is 13.7. The number of hydrogen-bond donors (Lipinski definition) is 1. The number of nitrogens with zero attached hydrogens (tertiary/aromatic N) is 2. The van der Waals surface area contributed by atoms with Crippen LogP contribution in [0, 0.1) is 5.82 Å². The molecule has 2 saturated heterocycles. The molecule has 0 bridgehead atoms. The second-order valence-electron chi connectivity index (χ2n) is 9.63. The lowest BCUT2D eigenvalue weighted by atomic mass is 9.96. The van der Waals surface area contributed by atoms with Gasteiger partial charge in [0.15, 0.2) is 5.76 Å². The lowest BCUT2D eigenvalue weighted by Crippen LogP contribution is -2.47. The van der Waals surface area contributed by atoms with E-state index in [-0.39, 0.29) is 41.3 Å². The molecule has 35 heavy (non-hydrogen) atoms. The van der Waals surface area contributed by atoms with Crippen LogP contribution < -0.4 is 5.73 Å². The van der Waals surface area contributed by atoms with E-state index < -0.39 is 6.04 Å². The van der Waals surface area contributed by atoms with E-state index in [4.69, 9.17) is 10.2 Å². The van der Waals surface area contributed by atoms with Crippen LogP contribution in [0.3, 0.4) is 0 Å². The predicted molar refractivity (Wildman–Crippen MR) is 130 cm³/mol. The molecule has 3 unspecified atom stereocenters. The minimum atomic E-state index is -0.601. The number of hydrogen-bond acceptors (Lipinski definition) is 4. The second-order valence-corrected chi connectivity index (χ2v) is 9.63. The van der Waals surface area contributed by atoms with E-state index in [1.165, 1.54) is 17.7 Å². The number of halogens is 1. The molecule has 2 amide bonds. The fourth-order valence-corrected chi connectivity index (χ4v) is 5.29. The molecule has 1 aromatic heterocycles. The summed E-state index contributed by atoms with van der Waals surface area (Å²) in [4.78, 5) is 30.7. The van der Waals surface area contributed by atoms with Crippen molar-refractivity contribution in [2.45, 2.75) is 43.7 Å². The SMILES string of the molecule is CC(N)c1ccc(C(=O)N2CC(c3ccc(F)cc3)CC2C(=O)N2CC[C@H](c3ccccc3)C2)o1. The second kappa shape index (κ2) is 9.66. The summed E-state index contributed by atoms with van der Waals surface area (Å²) < 4.78 is 19.2. The average Bonchev–Trinajstić information content (AvgIpc) is 3.64. The molecule has 4 atom stereocenters. The van der Waals surface area contributed by atoms with E-state index in [0.717, 1.165) is 12.0 Å². The van der Waals surface area contributed by atoms with Crippen LogP contribution in [0.1, 0.15) is 65.1 Å². The van der Waals surface area contributed by atoms with E-state index in [1.54, 1.807) is 36.1 Å². The molecule has 2 fully saturated rings. The van der Waals surface area contributed by atoms with Crippen LogP contribution in [0.2, 0.25) is 0 Å². The molecule has 0 radical (unpaired) electrons. The van der Waals surface area contributed by atoms with Crippen LogP contribution in [0.5, 0.6) is 0 Å². The Morgan fingerprint density at radius 1 is 0.971 bits per heavy atom. The van der Waals surface area contributed by atoms with Gasteiger partial charge in [0.05, 0.1) is 6.04 Å². The molecule has 2 N–H and O–H groups in total. The minimum Gasteiger partial charge on any atom is -0.454 e. The Morgan fingerprint density at radius 2 is 1.69 bits per heavy atom. The van der Waals surface area contributed by atoms with Gasteiger partial charge in [-0.3, -0.25) is 9.59 Å². The molecule has 2 aliphatic rings. The highest BCUT2D eigenvalue weighted by Crippen LogP contribution is 2.36. The maximum Gasteiger partial charge on any atom is 0.290 e. The zero-order valence-electron chi connectivity index (χ0n) is 19.8. The third-order valence-electron chi connectivity index (χ3n) is 7.25. The molecule has 182 valence electrons. The number of benzene rings is 2. The van der Waals surface area contributed by atoms with E-state index in [1.807, 2.05) is 23.1 Å². The fourth-order valence-electron chi connectivity index (χ4n) is 5.29. The van der Waals surface area contributed by atoms with Gasteiger partial charge in [0.1, 0.15) is 17.6 Å². The maximum atomic E-state index is 13.7. The van der Waals surface area contributed by atoms with Crippen LogP contribution in [0.25, 0.3) is 0 Å². The Morgan fingerprint density at radius 3 is 2.37 bits per heavy atom. The predicted octanol–water partition coefficient (Wildman–Crippen LogP) is 4.45. The molecule has 2 aromatic carbocycles. The van der Waals surface area contributed by atoms with Crippen molar-refractivity contribution in [3.63, 3.8) is 0 Å². The first-order valence-corrected chi connectivity index (χ1v) is 12.2. The quantitative estimate of drug-likeness (QED) is 0.591. The van der Waals surface area contributed by atoms with E-state index in [9.17, 15) is 14.0 Å². The van der Waals surface area contributed by atoms with E-state index in [0.29, 0.717) is 31.8 Å². The summed E-state index contributed by atoms with van der Waals surface area (Å²) in [5, 5.41) is 0. The fraction of sp³-hybridized carbons (Fsp3) is 0.357. The first kappa shape index (κ1) is 23.3. The highest BCUT2D eigenvalue weighted by atomic mass is 19.1. The van der Waals surface area contributed by atoms with Gasteiger partial charge in [0, 0.05) is 31.5 Å². The van der Waals surface area contributed by atoms with Crippen LogP contribution in [0.15, 0.2) is 71.1 Å². The number of nitrogens with two attached hydrogens (primary N) is 1.